The second kappa shape index (κ2) is 6.35. The van der Waals surface area contributed by atoms with E-state index < -0.39 is 0 Å². The third-order valence-corrected chi connectivity index (χ3v) is 2.33. The molecule has 0 atom stereocenters. The van der Waals surface area contributed by atoms with E-state index in [4.69, 9.17) is 22.2 Å². The second-order valence-electron chi connectivity index (χ2n) is 3.39. The number of carbonyl (C=O) groups excluding carboxylic acids is 1. The number of nitrogens with two attached hydrogens (primary N) is 1. The summed E-state index contributed by atoms with van der Waals surface area (Å²) in [6.07, 6.45) is 0.989. The molecular formula is C11H15ClN2O2. The van der Waals surface area contributed by atoms with Crippen molar-refractivity contribution in [3.05, 3.63) is 29.3 Å². The molecule has 1 aromatic rings. The van der Waals surface area contributed by atoms with Crippen molar-refractivity contribution in [3.63, 3.8) is 0 Å². The van der Waals surface area contributed by atoms with Crippen LogP contribution in [-0.2, 0) is 4.79 Å². The number of hydrazine groups is 1. The van der Waals surface area contributed by atoms with E-state index >= 15 is 0 Å². The van der Waals surface area contributed by atoms with Gasteiger partial charge in [0.1, 0.15) is 5.75 Å². The van der Waals surface area contributed by atoms with Gasteiger partial charge < -0.3 is 4.74 Å². The van der Waals surface area contributed by atoms with Crippen LogP contribution >= 0.6 is 11.6 Å². The van der Waals surface area contributed by atoms with Crippen molar-refractivity contribution in [2.75, 3.05) is 13.7 Å². The monoisotopic (exact) mass is 242 g/mol. The summed E-state index contributed by atoms with van der Waals surface area (Å²) < 4.78 is 5.42. The predicted molar refractivity (Wildman–Crippen MR) is 63.1 cm³/mol. The van der Waals surface area contributed by atoms with Crippen LogP contribution in [0.5, 0.6) is 5.75 Å². The molecule has 4 nitrogen and oxygen atoms in total. The summed E-state index contributed by atoms with van der Waals surface area (Å²) in [6.45, 7) is 0.448. The summed E-state index contributed by atoms with van der Waals surface area (Å²) in [5.74, 6) is 5.80. The van der Waals surface area contributed by atoms with Gasteiger partial charge in [-0.3, -0.25) is 9.80 Å². The van der Waals surface area contributed by atoms with Gasteiger partial charge in [0.25, 0.3) is 0 Å². The topological polar surface area (TPSA) is 55.6 Å². The minimum atomic E-state index is -0.109. The van der Waals surface area contributed by atoms with Gasteiger partial charge in [-0.05, 0) is 18.6 Å². The van der Waals surface area contributed by atoms with Gasteiger partial charge in [-0.1, -0.05) is 23.7 Å². The van der Waals surface area contributed by atoms with E-state index in [0.29, 0.717) is 30.2 Å². The van der Waals surface area contributed by atoms with Gasteiger partial charge in [-0.2, -0.15) is 0 Å². The van der Waals surface area contributed by atoms with Crippen LogP contribution in [0.25, 0.3) is 0 Å². The Kier molecular flexibility index (Phi) is 5.08. The van der Waals surface area contributed by atoms with Crippen LogP contribution in [0.15, 0.2) is 24.3 Å². The lowest BCUT2D eigenvalue weighted by Crippen LogP contribution is -2.33. The Morgan fingerprint density at radius 1 is 1.50 bits per heavy atom. The molecule has 2 N–H and O–H groups in total. The van der Waals surface area contributed by atoms with Crippen molar-refractivity contribution in [1.29, 1.82) is 0 Å². The molecule has 0 aliphatic rings. The first kappa shape index (κ1) is 12.8. The zero-order valence-corrected chi connectivity index (χ0v) is 9.91. The van der Waals surface area contributed by atoms with Crippen molar-refractivity contribution in [2.24, 2.45) is 5.84 Å². The van der Waals surface area contributed by atoms with Crippen molar-refractivity contribution < 1.29 is 9.53 Å². The third kappa shape index (κ3) is 4.08. The van der Waals surface area contributed by atoms with E-state index in [0.717, 1.165) is 5.01 Å². The molecule has 0 radical (unpaired) electrons. The number of para-hydroxylation sites is 1. The number of carbonyl (C=O) groups is 1. The highest BCUT2D eigenvalue weighted by molar-refractivity contribution is 6.32. The van der Waals surface area contributed by atoms with Crippen molar-refractivity contribution in [1.82, 2.24) is 5.01 Å². The minimum absolute atomic E-state index is 0.109. The molecule has 0 fully saturated rings. The number of amides is 1. The van der Waals surface area contributed by atoms with Crippen LogP contribution in [0.2, 0.25) is 5.02 Å². The molecule has 0 aliphatic heterocycles. The summed E-state index contributed by atoms with van der Waals surface area (Å²) >= 11 is 5.90. The first-order chi connectivity index (χ1) is 7.61. The number of ether oxygens (including phenoxy) is 1. The number of nitrogens with zero attached hydrogens (tertiary/aromatic N) is 1. The summed E-state index contributed by atoms with van der Waals surface area (Å²) in [6, 6.07) is 7.23. The highest BCUT2D eigenvalue weighted by atomic mass is 35.5. The fraction of sp³-hybridized carbons (Fsp3) is 0.364. The number of hydrogen-bond acceptors (Lipinski definition) is 3. The van der Waals surface area contributed by atoms with Gasteiger partial charge >= 0.3 is 0 Å². The molecule has 5 heteroatoms. The summed E-state index contributed by atoms with van der Waals surface area (Å²) in [5.41, 5.74) is 0. The Bertz CT molecular complexity index is 356. The van der Waals surface area contributed by atoms with E-state index in [-0.39, 0.29) is 5.91 Å². The maximum atomic E-state index is 11.1. The minimum Gasteiger partial charge on any atom is -0.492 e. The van der Waals surface area contributed by atoms with E-state index in [1.54, 1.807) is 12.1 Å². The van der Waals surface area contributed by atoms with Gasteiger partial charge in [-0.15, -0.1) is 0 Å². The van der Waals surface area contributed by atoms with Crippen LogP contribution in [0.1, 0.15) is 12.8 Å². The second-order valence-corrected chi connectivity index (χ2v) is 3.79. The molecule has 0 aliphatic carbocycles. The van der Waals surface area contributed by atoms with Gasteiger partial charge in [-0.25, -0.2) is 5.84 Å². The largest absolute Gasteiger partial charge is 0.492 e. The maximum absolute atomic E-state index is 11.1. The van der Waals surface area contributed by atoms with E-state index in [9.17, 15) is 4.79 Å². The van der Waals surface area contributed by atoms with E-state index in [2.05, 4.69) is 0 Å². The molecule has 1 aromatic carbocycles. The normalized spacial score (nSPS) is 9.94. The fourth-order valence-electron chi connectivity index (χ4n) is 1.14. The highest BCUT2D eigenvalue weighted by Gasteiger charge is 2.04. The summed E-state index contributed by atoms with van der Waals surface area (Å²) in [7, 11) is 1.53. The molecule has 0 heterocycles. The first-order valence-corrected chi connectivity index (χ1v) is 5.37. The molecule has 16 heavy (non-hydrogen) atoms. The zero-order valence-electron chi connectivity index (χ0n) is 9.15. The lowest BCUT2D eigenvalue weighted by atomic mass is 10.3. The smallest absolute Gasteiger partial charge is 0.236 e. The van der Waals surface area contributed by atoms with Crippen LogP contribution in [0.4, 0.5) is 0 Å². The average molecular weight is 243 g/mol. The van der Waals surface area contributed by atoms with Gasteiger partial charge in [0.2, 0.25) is 5.91 Å². The molecule has 0 spiro atoms. The quantitative estimate of drug-likeness (QED) is 0.371. The Morgan fingerprint density at radius 3 is 2.81 bits per heavy atom. The van der Waals surface area contributed by atoms with Gasteiger partial charge in [0, 0.05) is 13.5 Å². The number of hydrogen-bond donors (Lipinski definition) is 1. The molecular weight excluding hydrogens is 228 g/mol. The highest BCUT2D eigenvalue weighted by Crippen LogP contribution is 2.23. The van der Waals surface area contributed by atoms with Gasteiger partial charge in [0.15, 0.2) is 0 Å². The molecule has 0 saturated heterocycles. The number of benzene rings is 1. The Morgan fingerprint density at radius 2 is 2.19 bits per heavy atom. The Labute approximate surface area is 99.9 Å². The summed E-state index contributed by atoms with van der Waals surface area (Å²) in [5, 5.41) is 1.65. The summed E-state index contributed by atoms with van der Waals surface area (Å²) in [4.78, 5) is 11.1. The van der Waals surface area contributed by atoms with Crippen LogP contribution in [0, 0.1) is 0 Å². The van der Waals surface area contributed by atoms with Crippen LogP contribution < -0.4 is 10.6 Å². The predicted octanol–water partition coefficient (Wildman–Crippen LogP) is 1.83. The molecule has 1 amide bonds. The van der Waals surface area contributed by atoms with Crippen LogP contribution in [0.3, 0.4) is 0 Å². The average Bonchev–Trinajstić information content (AvgIpc) is 2.26. The SMILES string of the molecule is CN(N)C(=O)CCCOc1ccccc1Cl. The molecule has 88 valence electrons. The van der Waals surface area contributed by atoms with Crippen molar-refractivity contribution in [2.45, 2.75) is 12.8 Å². The van der Waals surface area contributed by atoms with E-state index in [1.165, 1.54) is 7.05 Å². The Balaban J connectivity index is 2.26. The van der Waals surface area contributed by atoms with Gasteiger partial charge in [0.05, 0.1) is 11.6 Å². The molecule has 0 bridgehead atoms. The lowest BCUT2D eigenvalue weighted by molar-refractivity contribution is -0.130. The number of halogens is 1. The van der Waals surface area contributed by atoms with Crippen molar-refractivity contribution >= 4 is 17.5 Å². The van der Waals surface area contributed by atoms with Crippen LogP contribution in [-0.4, -0.2) is 24.6 Å². The standard InChI is InChI=1S/C11H15ClN2O2/c1-14(13)11(15)7-4-8-16-10-6-3-2-5-9(10)12/h2-3,5-6H,4,7-8,13H2,1H3. The Hall–Kier alpha value is -1.26. The van der Waals surface area contributed by atoms with E-state index in [1.807, 2.05) is 12.1 Å². The molecule has 0 aromatic heterocycles. The molecule has 0 saturated carbocycles. The molecule has 0 unspecified atom stereocenters. The maximum Gasteiger partial charge on any atom is 0.236 e. The first-order valence-electron chi connectivity index (χ1n) is 5.00. The van der Waals surface area contributed by atoms with Crippen molar-refractivity contribution in [3.8, 4) is 5.75 Å². The lowest BCUT2D eigenvalue weighted by Gasteiger charge is -2.10. The third-order valence-electron chi connectivity index (χ3n) is 2.02. The number of rotatable bonds is 5. The zero-order chi connectivity index (χ0) is 12.0. The molecule has 1 rings (SSSR count). The fourth-order valence-corrected chi connectivity index (χ4v) is 1.33.